The number of aromatic nitrogens is 2. The summed E-state index contributed by atoms with van der Waals surface area (Å²) in [6.07, 6.45) is 4.88. The van der Waals surface area contributed by atoms with Gasteiger partial charge in [0, 0.05) is 52.4 Å². The largest absolute Gasteiger partial charge is 0.459 e. The van der Waals surface area contributed by atoms with Gasteiger partial charge in [0.2, 0.25) is 5.91 Å². The fraction of sp³-hybridized carbons (Fsp3) is 0.500. The van der Waals surface area contributed by atoms with Gasteiger partial charge in [0.1, 0.15) is 0 Å². The monoisotopic (exact) mass is 399 g/mol. The van der Waals surface area contributed by atoms with E-state index < -0.39 is 0 Å². The van der Waals surface area contributed by atoms with E-state index in [0.29, 0.717) is 38.5 Å². The predicted octanol–water partition coefficient (Wildman–Crippen LogP) is 0.574. The van der Waals surface area contributed by atoms with E-state index in [9.17, 15) is 14.4 Å². The summed E-state index contributed by atoms with van der Waals surface area (Å²) in [5.41, 5.74) is 0.604. The van der Waals surface area contributed by atoms with Crippen molar-refractivity contribution in [2.24, 2.45) is 13.0 Å². The zero-order valence-corrected chi connectivity index (χ0v) is 16.5. The number of piperidine rings is 1. The fourth-order valence-electron chi connectivity index (χ4n) is 3.99. The highest BCUT2D eigenvalue weighted by Gasteiger charge is 2.32. The first-order valence-electron chi connectivity index (χ1n) is 9.93. The van der Waals surface area contributed by atoms with E-state index in [1.54, 1.807) is 36.3 Å². The molecule has 2 saturated heterocycles. The molecule has 0 aliphatic carbocycles. The van der Waals surface area contributed by atoms with E-state index in [1.165, 1.54) is 10.9 Å². The molecule has 2 aliphatic heterocycles. The van der Waals surface area contributed by atoms with Crippen molar-refractivity contribution in [3.8, 4) is 0 Å². The molecule has 4 rings (SSSR count). The highest BCUT2D eigenvalue weighted by molar-refractivity contribution is 5.91. The van der Waals surface area contributed by atoms with Crippen LogP contribution in [0.5, 0.6) is 0 Å². The summed E-state index contributed by atoms with van der Waals surface area (Å²) in [4.78, 5) is 42.9. The zero-order valence-electron chi connectivity index (χ0n) is 16.5. The van der Waals surface area contributed by atoms with Crippen molar-refractivity contribution in [3.63, 3.8) is 0 Å². The number of anilines is 1. The molecule has 29 heavy (non-hydrogen) atoms. The minimum absolute atomic E-state index is 0.111. The minimum Gasteiger partial charge on any atom is -0.459 e. The molecule has 9 heteroatoms. The predicted molar refractivity (Wildman–Crippen MR) is 106 cm³/mol. The van der Waals surface area contributed by atoms with Crippen LogP contribution < -0.4 is 10.5 Å². The second-order valence-corrected chi connectivity index (χ2v) is 7.56. The summed E-state index contributed by atoms with van der Waals surface area (Å²) < 4.78 is 6.47. The number of rotatable bonds is 3. The first kappa shape index (κ1) is 19.2. The molecule has 0 aromatic carbocycles. The molecule has 0 bridgehead atoms. The van der Waals surface area contributed by atoms with Gasteiger partial charge in [-0.1, -0.05) is 0 Å². The fourth-order valence-corrected chi connectivity index (χ4v) is 3.99. The number of hydrogen-bond acceptors (Lipinski definition) is 6. The standard InChI is InChI=1S/C20H25N5O4/c1-22-18(26)12-16(13-21-22)25-6-2-4-15(14-25)19(27)23-7-9-24(10-8-23)20(28)17-5-3-11-29-17/h3,5,11-13,15H,2,4,6-10,14H2,1H3. The Kier molecular flexibility index (Phi) is 5.37. The smallest absolute Gasteiger partial charge is 0.289 e. The molecule has 2 fully saturated rings. The minimum atomic E-state index is -0.159. The summed E-state index contributed by atoms with van der Waals surface area (Å²) in [5.74, 6) is 0.205. The number of aryl methyl sites for hydroxylation is 1. The van der Waals surface area contributed by atoms with Crippen LogP contribution in [0.1, 0.15) is 23.4 Å². The lowest BCUT2D eigenvalue weighted by Gasteiger charge is -2.39. The maximum absolute atomic E-state index is 13.1. The molecule has 4 heterocycles. The van der Waals surface area contributed by atoms with Crippen molar-refractivity contribution in [2.45, 2.75) is 12.8 Å². The van der Waals surface area contributed by atoms with Crippen molar-refractivity contribution in [1.82, 2.24) is 19.6 Å². The third-order valence-corrected chi connectivity index (χ3v) is 5.70. The van der Waals surface area contributed by atoms with Gasteiger partial charge in [-0.3, -0.25) is 14.4 Å². The van der Waals surface area contributed by atoms with E-state index in [0.717, 1.165) is 25.1 Å². The van der Waals surface area contributed by atoms with Gasteiger partial charge in [-0.05, 0) is 25.0 Å². The van der Waals surface area contributed by atoms with Crippen molar-refractivity contribution in [2.75, 3.05) is 44.2 Å². The Hall–Kier alpha value is -3.10. The molecule has 9 nitrogen and oxygen atoms in total. The number of nitrogens with zero attached hydrogens (tertiary/aromatic N) is 5. The molecule has 0 saturated carbocycles. The van der Waals surface area contributed by atoms with Crippen LogP contribution >= 0.6 is 0 Å². The van der Waals surface area contributed by atoms with Crippen LogP contribution in [0.2, 0.25) is 0 Å². The van der Waals surface area contributed by atoms with E-state index in [4.69, 9.17) is 4.42 Å². The molecule has 0 radical (unpaired) electrons. The van der Waals surface area contributed by atoms with Crippen molar-refractivity contribution in [1.29, 1.82) is 0 Å². The number of furan rings is 1. The Balaban J connectivity index is 1.35. The molecule has 1 atom stereocenters. The first-order valence-corrected chi connectivity index (χ1v) is 9.93. The lowest BCUT2D eigenvalue weighted by Crippen LogP contribution is -2.53. The second kappa shape index (κ2) is 8.10. The van der Waals surface area contributed by atoms with Crippen molar-refractivity contribution < 1.29 is 14.0 Å². The third kappa shape index (κ3) is 4.03. The summed E-state index contributed by atoms with van der Waals surface area (Å²) in [5, 5.41) is 4.08. The second-order valence-electron chi connectivity index (χ2n) is 7.56. The van der Waals surface area contributed by atoms with Crippen LogP contribution in [0, 0.1) is 5.92 Å². The molecule has 0 N–H and O–H groups in total. The van der Waals surface area contributed by atoms with E-state index in [2.05, 4.69) is 10.00 Å². The van der Waals surface area contributed by atoms with Gasteiger partial charge in [0.25, 0.3) is 11.5 Å². The van der Waals surface area contributed by atoms with Crippen LogP contribution in [0.25, 0.3) is 0 Å². The Morgan fingerprint density at radius 3 is 2.59 bits per heavy atom. The van der Waals surface area contributed by atoms with E-state index in [1.807, 2.05) is 4.90 Å². The number of carbonyl (C=O) groups is 2. The molecule has 154 valence electrons. The molecular formula is C20H25N5O4. The van der Waals surface area contributed by atoms with Crippen LogP contribution in [-0.4, -0.2) is 70.7 Å². The summed E-state index contributed by atoms with van der Waals surface area (Å²) >= 11 is 0. The van der Waals surface area contributed by atoms with Gasteiger partial charge in [-0.15, -0.1) is 0 Å². The number of piperazine rings is 1. The van der Waals surface area contributed by atoms with Crippen LogP contribution in [0.4, 0.5) is 5.69 Å². The highest BCUT2D eigenvalue weighted by Crippen LogP contribution is 2.24. The van der Waals surface area contributed by atoms with Crippen molar-refractivity contribution in [3.05, 3.63) is 46.8 Å². The quantitative estimate of drug-likeness (QED) is 0.750. The van der Waals surface area contributed by atoms with Gasteiger partial charge < -0.3 is 19.1 Å². The van der Waals surface area contributed by atoms with E-state index in [-0.39, 0.29) is 23.3 Å². The topological polar surface area (TPSA) is 91.9 Å². The van der Waals surface area contributed by atoms with Gasteiger partial charge in [-0.2, -0.15) is 5.10 Å². The first-order chi connectivity index (χ1) is 14.0. The summed E-state index contributed by atoms with van der Waals surface area (Å²) in [6, 6.07) is 4.92. The average Bonchev–Trinajstić information content (AvgIpc) is 3.30. The van der Waals surface area contributed by atoms with Crippen LogP contribution in [0.15, 0.2) is 39.9 Å². The van der Waals surface area contributed by atoms with Gasteiger partial charge in [0.05, 0.1) is 24.1 Å². The molecule has 2 aliphatic rings. The third-order valence-electron chi connectivity index (χ3n) is 5.70. The summed E-state index contributed by atoms with van der Waals surface area (Å²) in [6.45, 7) is 3.44. The van der Waals surface area contributed by atoms with Crippen LogP contribution in [-0.2, 0) is 11.8 Å². The molecule has 1 unspecified atom stereocenters. The normalized spacial score (nSPS) is 20.0. The lowest BCUT2D eigenvalue weighted by atomic mass is 9.96. The van der Waals surface area contributed by atoms with Gasteiger partial charge in [-0.25, -0.2) is 4.68 Å². The van der Waals surface area contributed by atoms with Gasteiger partial charge in [0.15, 0.2) is 5.76 Å². The SMILES string of the molecule is Cn1ncc(N2CCCC(C(=O)N3CCN(C(=O)c4ccco4)CC3)C2)cc1=O. The zero-order chi connectivity index (χ0) is 20.4. The number of amides is 2. The molecular weight excluding hydrogens is 374 g/mol. The highest BCUT2D eigenvalue weighted by atomic mass is 16.3. The molecule has 2 aromatic rings. The number of carbonyl (C=O) groups excluding carboxylic acids is 2. The van der Waals surface area contributed by atoms with Gasteiger partial charge >= 0.3 is 0 Å². The van der Waals surface area contributed by atoms with E-state index >= 15 is 0 Å². The Morgan fingerprint density at radius 2 is 1.90 bits per heavy atom. The summed E-state index contributed by atoms with van der Waals surface area (Å²) in [7, 11) is 1.62. The molecule has 2 aromatic heterocycles. The Labute approximate surface area is 168 Å². The average molecular weight is 399 g/mol. The molecule has 2 amide bonds. The van der Waals surface area contributed by atoms with Crippen LogP contribution in [0.3, 0.4) is 0 Å². The maximum atomic E-state index is 13.1. The number of hydrogen-bond donors (Lipinski definition) is 0. The maximum Gasteiger partial charge on any atom is 0.289 e. The lowest BCUT2D eigenvalue weighted by molar-refractivity contribution is -0.137. The van der Waals surface area contributed by atoms with Crippen molar-refractivity contribution >= 4 is 17.5 Å². The Morgan fingerprint density at radius 1 is 1.14 bits per heavy atom. The Bertz CT molecular complexity index is 931. The molecule has 0 spiro atoms.